The minimum atomic E-state index is -0.0535. The number of urea groups is 1. The van der Waals surface area contributed by atoms with Gasteiger partial charge in [-0.15, -0.1) is 5.10 Å². The van der Waals surface area contributed by atoms with E-state index < -0.39 is 0 Å². The first kappa shape index (κ1) is 17.0. The molecule has 3 aromatic rings. The highest BCUT2D eigenvalue weighted by atomic mass is 16.3. The van der Waals surface area contributed by atoms with Crippen molar-refractivity contribution in [2.24, 2.45) is 0 Å². The van der Waals surface area contributed by atoms with Crippen molar-refractivity contribution >= 4 is 11.7 Å². The molecule has 0 spiro atoms. The predicted octanol–water partition coefficient (Wildman–Crippen LogP) is 4.24. The molecule has 2 amide bonds. The second kappa shape index (κ2) is 7.14. The van der Waals surface area contributed by atoms with E-state index in [1.54, 1.807) is 11.2 Å². The molecular formula is C21H23N5O2. The summed E-state index contributed by atoms with van der Waals surface area (Å²) in [6, 6.07) is 12.0. The van der Waals surface area contributed by atoms with Crippen LogP contribution in [0.15, 0.2) is 47.1 Å². The van der Waals surface area contributed by atoms with Crippen LogP contribution in [0.2, 0.25) is 0 Å². The molecule has 2 aliphatic rings. The molecule has 0 bridgehead atoms. The summed E-state index contributed by atoms with van der Waals surface area (Å²) < 4.78 is 7.60. The molecular weight excluding hydrogens is 354 g/mol. The Morgan fingerprint density at radius 3 is 2.75 bits per heavy atom. The van der Waals surface area contributed by atoms with Crippen molar-refractivity contribution in [1.29, 1.82) is 0 Å². The van der Waals surface area contributed by atoms with Gasteiger partial charge in [-0.25, -0.2) is 14.5 Å². The number of hydrogen-bond donors (Lipinski definition) is 1. The fraction of sp³-hybridized carbons (Fsp3) is 0.381. The monoisotopic (exact) mass is 377 g/mol. The second-order valence-electron chi connectivity index (χ2n) is 7.41. The van der Waals surface area contributed by atoms with Gasteiger partial charge in [-0.1, -0.05) is 31.4 Å². The Hall–Kier alpha value is -3.09. The number of nitrogens with one attached hydrogen (secondary N) is 1. The van der Waals surface area contributed by atoms with Crippen LogP contribution >= 0.6 is 0 Å². The molecule has 144 valence electrons. The van der Waals surface area contributed by atoms with Gasteiger partial charge in [-0.05, 0) is 37.1 Å². The van der Waals surface area contributed by atoms with Crippen molar-refractivity contribution in [3.63, 3.8) is 0 Å². The third kappa shape index (κ3) is 3.06. The Kier molecular flexibility index (Phi) is 4.35. The molecule has 1 saturated carbocycles. The lowest BCUT2D eigenvalue weighted by atomic mass is 9.95. The van der Waals surface area contributed by atoms with Crippen LogP contribution in [0.5, 0.6) is 0 Å². The van der Waals surface area contributed by atoms with Crippen LogP contribution in [0.1, 0.15) is 38.1 Å². The maximum absolute atomic E-state index is 12.1. The van der Waals surface area contributed by atoms with Gasteiger partial charge in [0, 0.05) is 24.3 Å². The van der Waals surface area contributed by atoms with Crippen molar-refractivity contribution in [3.05, 3.63) is 42.7 Å². The lowest BCUT2D eigenvalue weighted by Crippen LogP contribution is -2.27. The molecule has 7 nitrogen and oxygen atoms in total. The fourth-order valence-electron chi connectivity index (χ4n) is 4.14. The zero-order valence-electron chi connectivity index (χ0n) is 15.7. The summed E-state index contributed by atoms with van der Waals surface area (Å²) in [5, 5.41) is 7.67. The van der Waals surface area contributed by atoms with Gasteiger partial charge in [0.2, 0.25) is 5.82 Å². The van der Waals surface area contributed by atoms with Crippen LogP contribution in [-0.4, -0.2) is 33.9 Å². The minimum absolute atomic E-state index is 0.0535. The lowest BCUT2D eigenvalue weighted by Gasteiger charge is -2.23. The van der Waals surface area contributed by atoms with Gasteiger partial charge in [0.25, 0.3) is 0 Å². The van der Waals surface area contributed by atoms with E-state index in [0.29, 0.717) is 30.7 Å². The number of carbonyl (C=O) groups is 1. The van der Waals surface area contributed by atoms with E-state index in [-0.39, 0.29) is 6.03 Å². The van der Waals surface area contributed by atoms with Gasteiger partial charge < -0.3 is 9.73 Å². The Balaban J connectivity index is 1.57. The van der Waals surface area contributed by atoms with Crippen LogP contribution in [0.4, 0.5) is 10.5 Å². The number of rotatable bonds is 4. The highest BCUT2D eigenvalue weighted by Crippen LogP contribution is 2.34. The zero-order valence-corrected chi connectivity index (χ0v) is 15.7. The van der Waals surface area contributed by atoms with Gasteiger partial charge >= 0.3 is 6.03 Å². The highest BCUT2D eigenvalue weighted by Gasteiger charge is 2.25. The smallest absolute Gasteiger partial charge is 0.321 e. The van der Waals surface area contributed by atoms with E-state index in [1.807, 2.05) is 36.4 Å². The average molecular weight is 377 g/mol. The van der Waals surface area contributed by atoms with Gasteiger partial charge in [-0.2, -0.15) is 0 Å². The van der Waals surface area contributed by atoms with Crippen molar-refractivity contribution in [1.82, 2.24) is 20.1 Å². The normalized spacial score (nSPS) is 17.9. The molecule has 7 heteroatoms. The summed E-state index contributed by atoms with van der Waals surface area (Å²) in [5.41, 5.74) is 1.85. The highest BCUT2D eigenvalue weighted by molar-refractivity contribution is 5.94. The molecule has 3 heterocycles. The number of furan rings is 1. The first-order valence-corrected chi connectivity index (χ1v) is 9.96. The summed E-state index contributed by atoms with van der Waals surface area (Å²) in [7, 11) is 0. The van der Waals surface area contributed by atoms with E-state index in [0.717, 1.165) is 29.9 Å². The van der Waals surface area contributed by atoms with Crippen molar-refractivity contribution < 1.29 is 9.21 Å². The van der Waals surface area contributed by atoms with E-state index in [2.05, 4.69) is 10.00 Å². The van der Waals surface area contributed by atoms with Crippen LogP contribution in [-0.2, 0) is 0 Å². The molecule has 1 aliphatic carbocycles. The van der Waals surface area contributed by atoms with Gasteiger partial charge in [0.1, 0.15) is 0 Å². The number of aromatic nitrogens is 3. The number of hydrogen-bond acceptors (Lipinski definition) is 4. The molecule has 5 rings (SSSR count). The summed E-state index contributed by atoms with van der Waals surface area (Å²) >= 11 is 0. The molecule has 0 radical (unpaired) electrons. The summed E-state index contributed by atoms with van der Waals surface area (Å²) in [4.78, 5) is 18.7. The van der Waals surface area contributed by atoms with E-state index in [4.69, 9.17) is 14.5 Å². The molecule has 2 fully saturated rings. The van der Waals surface area contributed by atoms with E-state index in [1.165, 1.54) is 19.3 Å². The Bertz CT molecular complexity index is 973. The number of carbonyl (C=O) groups excluding carboxylic acids is 1. The SMILES string of the molecule is O=C1NCCN1c1cccc(-c2nc(-c3ccco3)nn2C2CCCCC2)c1. The molecule has 0 atom stereocenters. The Labute approximate surface area is 163 Å². The molecule has 2 aromatic heterocycles. The molecule has 28 heavy (non-hydrogen) atoms. The standard InChI is InChI=1S/C21H23N5O2/c27-21-22-11-12-25(21)17-9-4-6-15(14-17)20-23-19(18-10-5-13-28-18)24-26(20)16-7-2-1-3-8-16/h4-6,9-10,13-14,16H,1-3,7-8,11-12H2,(H,22,27). The van der Waals surface area contributed by atoms with Crippen LogP contribution in [0.25, 0.3) is 23.0 Å². The number of nitrogens with zero attached hydrogens (tertiary/aromatic N) is 4. The summed E-state index contributed by atoms with van der Waals surface area (Å²) in [6.07, 6.45) is 7.58. The molecule has 1 aromatic carbocycles. The number of amides is 2. The largest absolute Gasteiger partial charge is 0.461 e. The van der Waals surface area contributed by atoms with Crippen LogP contribution in [0.3, 0.4) is 0 Å². The van der Waals surface area contributed by atoms with Crippen LogP contribution < -0.4 is 10.2 Å². The second-order valence-corrected chi connectivity index (χ2v) is 7.41. The number of anilines is 1. The van der Waals surface area contributed by atoms with Crippen molar-refractivity contribution in [2.45, 2.75) is 38.1 Å². The zero-order chi connectivity index (χ0) is 18.9. The average Bonchev–Trinajstić information content (AvgIpc) is 3.49. The molecule has 1 aliphatic heterocycles. The van der Waals surface area contributed by atoms with Gasteiger partial charge in [-0.3, -0.25) is 4.90 Å². The van der Waals surface area contributed by atoms with Crippen LogP contribution in [0, 0.1) is 0 Å². The summed E-state index contributed by atoms with van der Waals surface area (Å²) in [6.45, 7) is 1.35. The first-order chi connectivity index (χ1) is 13.8. The van der Waals surface area contributed by atoms with Crippen molar-refractivity contribution in [3.8, 4) is 23.0 Å². The first-order valence-electron chi connectivity index (χ1n) is 9.96. The topological polar surface area (TPSA) is 76.2 Å². The third-order valence-electron chi connectivity index (χ3n) is 5.57. The maximum Gasteiger partial charge on any atom is 0.321 e. The molecule has 0 unspecified atom stereocenters. The van der Waals surface area contributed by atoms with E-state index >= 15 is 0 Å². The molecule has 1 N–H and O–H groups in total. The Morgan fingerprint density at radius 2 is 2.00 bits per heavy atom. The van der Waals surface area contributed by atoms with E-state index in [9.17, 15) is 4.79 Å². The third-order valence-corrected chi connectivity index (χ3v) is 5.57. The van der Waals surface area contributed by atoms with Crippen molar-refractivity contribution in [2.75, 3.05) is 18.0 Å². The quantitative estimate of drug-likeness (QED) is 0.738. The fourth-order valence-corrected chi connectivity index (χ4v) is 4.14. The molecule has 1 saturated heterocycles. The minimum Gasteiger partial charge on any atom is -0.461 e. The maximum atomic E-state index is 12.1. The number of benzene rings is 1. The van der Waals surface area contributed by atoms with Gasteiger partial charge in [0.15, 0.2) is 11.6 Å². The Morgan fingerprint density at radius 1 is 1.11 bits per heavy atom. The predicted molar refractivity (Wildman–Crippen MR) is 106 cm³/mol. The summed E-state index contributed by atoms with van der Waals surface area (Å²) in [5.74, 6) is 2.11. The lowest BCUT2D eigenvalue weighted by molar-refractivity contribution is 0.252. The van der Waals surface area contributed by atoms with Gasteiger partial charge in [0.05, 0.1) is 12.3 Å².